The number of hydrogen-bond donors (Lipinski definition) is 1. The highest BCUT2D eigenvalue weighted by Gasteiger charge is 2.12. The summed E-state index contributed by atoms with van der Waals surface area (Å²) in [5, 5.41) is 11.7. The van der Waals surface area contributed by atoms with Crippen LogP contribution in [-0.4, -0.2) is 33.5 Å². The topological polar surface area (TPSA) is 69.0 Å². The van der Waals surface area contributed by atoms with Crippen LogP contribution in [-0.2, 0) is 4.79 Å². The minimum Gasteiger partial charge on any atom is -0.494 e. The number of ether oxygens (including phenoxy) is 1. The zero-order chi connectivity index (χ0) is 18.5. The molecule has 0 saturated heterocycles. The minimum atomic E-state index is -0.441. The highest BCUT2D eigenvalue weighted by Crippen LogP contribution is 2.26. The van der Waals surface area contributed by atoms with E-state index >= 15 is 0 Å². The predicted octanol–water partition coefficient (Wildman–Crippen LogP) is 3.80. The van der Waals surface area contributed by atoms with Gasteiger partial charge in [-0.25, -0.2) is 4.39 Å². The second-order valence-electron chi connectivity index (χ2n) is 5.14. The second kappa shape index (κ2) is 8.20. The summed E-state index contributed by atoms with van der Waals surface area (Å²) in [6.45, 7) is 0. The minimum absolute atomic E-state index is 0.0970. The van der Waals surface area contributed by atoms with Crippen LogP contribution >= 0.6 is 23.4 Å². The number of amides is 1. The number of aromatic nitrogens is 3. The van der Waals surface area contributed by atoms with Crippen molar-refractivity contribution >= 4 is 35.0 Å². The summed E-state index contributed by atoms with van der Waals surface area (Å²) < 4.78 is 20.0. The molecule has 0 unspecified atom stereocenters. The van der Waals surface area contributed by atoms with E-state index in [9.17, 15) is 9.18 Å². The molecule has 1 aromatic heterocycles. The van der Waals surface area contributed by atoms with Crippen LogP contribution in [0.5, 0.6) is 5.75 Å². The van der Waals surface area contributed by atoms with Crippen molar-refractivity contribution in [2.45, 2.75) is 5.16 Å². The third-order valence-electron chi connectivity index (χ3n) is 3.37. The van der Waals surface area contributed by atoms with Crippen molar-refractivity contribution in [1.29, 1.82) is 0 Å². The summed E-state index contributed by atoms with van der Waals surface area (Å²) in [4.78, 5) is 12.2. The van der Waals surface area contributed by atoms with Crippen LogP contribution in [0.25, 0.3) is 5.69 Å². The molecule has 1 N–H and O–H groups in total. The first-order chi connectivity index (χ1) is 12.6. The first-order valence-electron chi connectivity index (χ1n) is 7.49. The normalized spacial score (nSPS) is 10.6. The number of nitrogens with zero attached hydrogens (tertiary/aromatic N) is 3. The number of rotatable bonds is 6. The van der Waals surface area contributed by atoms with Gasteiger partial charge in [0.05, 0.1) is 24.2 Å². The van der Waals surface area contributed by atoms with Crippen molar-refractivity contribution in [1.82, 2.24) is 14.8 Å². The summed E-state index contributed by atoms with van der Waals surface area (Å²) in [6.07, 6.45) is 1.55. The predicted molar refractivity (Wildman–Crippen MR) is 98.7 cm³/mol. The first kappa shape index (κ1) is 18.2. The van der Waals surface area contributed by atoms with Gasteiger partial charge in [-0.05, 0) is 30.3 Å². The fourth-order valence-corrected chi connectivity index (χ4v) is 3.12. The Bertz CT molecular complexity index is 935. The van der Waals surface area contributed by atoms with Gasteiger partial charge in [-0.3, -0.25) is 9.36 Å². The summed E-state index contributed by atoms with van der Waals surface area (Å²) in [5.74, 6) is -0.366. The highest BCUT2D eigenvalue weighted by molar-refractivity contribution is 7.99. The molecule has 134 valence electrons. The van der Waals surface area contributed by atoms with E-state index in [4.69, 9.17) is 16.3 Å². The SMILES string of the molecule is COc1cc(F)ccc1NC(=O)CSc1nncn1-c1cccc(Cl)c1. The molecule has 0 fully saturated rings. The van der Waals surface area contributed by atoms with E-state index in [-0.39, 0.29) is 17.4 Å². The Morgan fingerprint density at radius 3 is 2.96 bits per heavy atom. The summed E-state index contributed by atoms with van der Waals surface area (Å²) in [6, 6.07) is 11.1. The zero-order valence-electron chi connectivity index (χ0n) is 13.6. The lowest BCUT2D eigenvalue weighted by atomic mass is 10.3. The number of carbonyl (C=O) groups excluding carboxylic acids is 1. The maximum atomic E-state index is 13.2. The van der Waals surface area contributed by atoms with Crippen molar-refractivity contribution in [3.63, 3.8) is 0 Å². The lowest BCUT2D eigenvalue weighted by Crippen LogP contribution is -2.15. The van der Waals surface area contributed by atoms with Gasteiger partial charge in [-0.15, -0.1) is 10.2 Å². The van der Waals surface area contributed by atoms with Crippen LogP contribution in [0.15, 0.2) is 53.9 Å². The van der Waals surface area contributed by atoms with Crippen LogP contribution in [0.3, 0.4) is 0 Å². The van der Waals surface area contributed by atoms with Gasteiger partial charge < -0.3 is 10.1 Å². The third kappa shape index (κ3) is 4.33. The molecule has 1 amide bonds. The van der Waals surface area contributed by atoms with Gasteiger partial charge in [-0.2, -0.15) is 0 Å². The Morgan fingerprint density at radius 1 is 1.35 bits per heavy atom. The van der Waals surface area contributed by atoms with Crippen molar-refractivity contribution in [3.05, 3.63) is 59.6 Å². The quantitative estimate of drug-likeness (QED) is 0.646. The number of carbonyl (C=O) groups is 1. The molecular formula is C17H14ClFN4O2S. The lowest BCUT2D eigenvalue weighted by Gasteiger charge is -2.10. The number of benzene rings is 2. The van der Waals surface area contributed by atoms with Crippen molar-refractivity contribution in [2.75, 3.05) is 18.2 Å². The molecule has 6 nitrogen and oxygen atoms in total. The van der Waals surface area contributed by atoms with Gasteiger partial charge in [-0.1, -0.05) is 29.4 Å². The smallest absolute Gasteiger partial charge is 0.234 e. The Balaban J connectivity index is 1.67. The molecule has 3 aromatic rings. The summed E-state index contributed by atoms with van der Waals surface area (Å²) in [7, 11) is 1.41. The van der Waals surface area contributed by atoms with Crippen LogP contribution in [0.4, 0.5) is 10.1 Å². The van der Waals surface area contributed by atoms with Crippen LogP contribution in [0.2, 0.25) is 5.02 Å². The molecule has 0 bridgehead atoms. The molecule has 0 aliphatic heterocycles. The van der Waals surface area contributed by atoms with Gasteiger partial charge in [0, 0.05) is 11.1 Å². The Labute approximate surface area is 158 Å². The fraction of sp³-hybridized carbons (Fsp3) is 0.118. The lowest BCUT2D eigenvalue weighted by molar-refractivity contribution is -0.113. The van der Waals surface area contributed by atoms with E-state index in [1.54, 1.807) is 23.0 Å². The number of methoxy groups -OCH3 is 1. The van der Waals surface area contributed by atoms with Crippen molar-refractivity contribution in [2.24, 2.45) is 0 Å². The van der Waals surface area contributed by atoms with E-state index in [0.29, 0.717) is 15.9 Å². The number of nitrogens with one attached hydrogen (secondary N) is 1. The number of thioether (sulfide) groups is 1. The maximum absolute atomic E-state index is 13.2. The molecule has 0 aliphatic rings. The molecule has 9 heteroatoms. The van der Waals surface area contributed by atoms with Crippen LogP contribution < -0.4 is 10.1 Å². The number of halogens is 2. The average Bonchev–Trinajstić information content (AvgIpc) is 3.10. The monoisotopic (exact) mass is 392 g/mol. The molecule has 0 saturated carbocycles. The van der Waals surface area contributed by atoms with Gasteiger partial charge in [0.15, 0.2) is 5.16 Å². The Morgan fingerprint density at radius 2 is 2.19 bits per heavy atom. The Kier molecular flexibility index (Phi) is 5.75. The highest BCUT2D eigenvalue weighted by atomic mass is 35.5. The Hall–Kier alpha value is -2.58. The number of hydrogen-bond acceptors (Lipinski definition) is 5. The molecule has 0 aliphatic carbocycles. The van der Waals surface area contributed by atoms with Gasteiger partial charge in [0.1, 0.15) is 17.9 Å². The van der Waals surface area contributed by atoms with Crippen LogP contribution in [0, 0.1) is 5.82 Å². The summed E-state index contributed by atoms with van der Waals surface area (Å²) >= 11 is 7.23. The average molecular weight is 393 g/mol. The fourth-order valence-electron chi connectivity index (χ4n) is 2.21. The second-order valence-corrected chi connectivity index (χ2v) is 6.52. The first-order valence-corrected chi connectivity index (χ1v) is 8.85. The zero-order valence-corrected chi connectivity index (χ0v) is 15.2. The molecule has 26 heavy (non-hydrogen) atoms. The molecule has 1 heterocycles. The van der Waals surface area contributed by atoms with E-state index in [0.717, 1.165) is 5.69 Å². The van der Waals surface area contributed by atoms with E-state index in [1.807, 2.05) is 12.1 Å². The maximum Gasteiger partial charge on any atom is 0.234 e. The van der Waals surface area contributed by atoms with Gasteiger partial charge in [0.2, 0.25) is 5.91 Å². The van der Waals surface area contributed by atoms with E-state index in [2.05, 4.69) is 15.5 Å². The van der Waals surface area contributed by atoms with Gasteiger partial charge in [0.25, 0.3) is 0 Å². The molecule has 0 radical (unpaired) electrons. The molecule has 3 rings (SSSR count). The third-order valence-corrected chi connectivity index (χ3v) is 4.55. The molecule has 0 spiro atoms. The number of anilines is 1. The van der Waals surface area contributed by atoms with Crippen molar-refractivity contribution in [3.8, 4) is 11.4 Å². The standard InChI is InChI=1S/C17H14ClFN4O2S/c1-25-15-8-12(19)5-6-14(15)21-16(24)9-26-17-22-20-10-23(17)13-4-2-3-11(18)7-13/h2-8,10H,9H2,1H3,(H,21,24). The van der Waals surface area contributed by atoms with E-state index < -0.39 is 5.82 Å². The van der Waals surface area contributed by atoms with E-state index in [1.165, 1.54) is 37.1 Å². The molecular weight excluding hydrogens is 379 g/mol. The molecule has 2 aromatic carbocycles. The van der Waals surface area contributed by atoms with Crippen molar-refractivity contribution < 1.29 is 13.9 Å². The molecule has 0 atom stereocenters. The summed E-state index contributed by atoms with van der Waals surface area (Å²) in [5.41, 5.74) is 1.20. The largest absolute Gasteiger partial charge is 0.494 e. The van der Waals surface area contributed by atoms with Gasteiger partial charge >= 0.3 is 0 Å². The van der Waals surface area contributed by atoms with Crippen LogP contribution in [0.1, 0.15) is 0 Å².